The third-order valence-corrected chi connectivity index (χ3v) is 6.84. The van der Waals surface area contributed by atoms with E-state index in [0.29, 0.717) is 24.6 Å². The van der Waals surface area contributed by atoms with Gasteiger partial charge in [-0.3, -0.25) is 9.10 Å². The van der Waals surface area contributed by atoms with E-state index in [1.54, 1.807) is 6.07 Å². The summed E-state index contributed by atoms with van der Waals surface area (Å²) < 4.78 is 26.4. The van der Waals surface area contributed by atoms with Crippen molar-refractivity contribution in [3.63, 3.8) is 0 Å². The van der Waals surface area contributed by atoms with Crippen molar-refractivity contribution in [3.8, 4) is 0 Å². The molecule has 0 saturated carbocycles. The van der Waals surface area contributed by atoms with Crippen molar-refractivity contribution >= 4 is 21.6 Å². The summed E-state index contributed by atoms with van der Waals surface area (Å²) in [6.45, 7) is 10.6. The highest BCUT2D eigenvalue weighted by Gasteiger charge is 2.31. The fraction of sp³-hybridized carbons (Fsp3) is 0.480. The van der Waals surface area contributed by atoms with E-state index in [1.807, 2.05) is 32.9 Å². The number of carbonyl (C=O) groups is 1. The molecule has 0 aliphatic heterocycles. The maximum atomic E-state index is 12.9. The van der Waals surface area contributed by atoms with Gasteiger partial charge >= 0.3 is 0 Å². The van der Waals surface area contributed by atoms with Gasteiger partial charge in [-0.2, -0.15) is 0 Å². The van der Waals surface area contributed by atoms with Gasteiger partial charge in [0.25, 0.3) is 0 Å². The van der Waals surface area contributed by atoms with Crippen LogP contribution < -0.4 is 9.62 Å². The fourth-order valence-corrected chi connectivity index (χ4v) is 4.82. The molecule has 0 fully saturated rings. The van der Waals surface area contributed by atoms with Crippen molar-refractivity contribution in [2.75, 3.05) is 17.1 Å². The minimum absolute atomic E-state index is 0.263. The van der Waals surface area contributed by atoms with Crippen LogP contribution in [-0.4, -0.2) is 33.2 Å². The van der Waals surface area contributed by atoms with E-state index in [1.165, 1.54) is 15.4 Å². The smallest absolute Gasteiger partial charge is 0.243 e. The molecule has 1 N–H and O–H groups in total. The first-order chi connectivity index (χ1) is 14.5. The third-order valence-electron chi connectivity index (χ3n) is 5.66. The SMILES string of the molecule is CCC(C(=O)NCCCc1ccc(C(C)C)cc1)N(c1ccc(C)c(C)c1)S(C)(=O)=O. The summed E-state index contributed by atoms with van der Waals surface area (Å²) >= 11 is 0. The van der Waals surface area contributed by atoms with Crippen LogP contribution in [0.2, 0.25) is 0 Å². The standard InChI is InChI=1S/C25H36N2O3S/c1-7-24(27(31(6,29)30)23-15-10-19(4)20(5)17-23)25(28)26-16-8-9-21-11-13-22(14-12-21)18(2)3/h10-15,17-18,24H,7-9,16H2,1-6H3,(H,26,28). The Morgan fingerprint density at radius 2 is 1.68 bits per heavy atom. The fourth-order valence-electron chi connectivity index (χ4n) is 3.61. The zero-order valence-corrected chi connectivity index (χ0v) is 20.4. The van der Waals surface area contributed by atoms with Gasteiger partial charge in [0.05, 0.1) is 11.9 Å². The first kappa shape index (κ1) is 24.9. The molecule has 170 valence electrons. The second-order valence-corrected chi connectivity index (χ2v) is 10.4. The van der Waals surface area contributed by atoms with Gasteiger partial charge in [-0.05, 0) is 73.4 Å². The number of benzene rings is 2. The monoisotopic (exact) mass is 444 g/mol. The molecule has 0 saturated heterocycles. The summed E-state index contributed by atoms with van der Waals surface area (Å²) in [6.07, 6.45) is 3.20. The van der Waals surface area contributed by atoms with Crippen molar-refractivity contribution in [2.45, 2.75) is 65.8 Å². The second kappa shape index (κ2) is 10.8. The molecule has 0 heterocycles. The van der Waals surface area contributed by atoms with Crippen LogP contribution in [0, 0.1) is 13.8 Å². The van der Waals surface area contributed by atoms with Crippen molar-refractivity contribution in [3.05, 3.63) is 64.7 Å². The Labute approximate surface area is 187 Å². The molecule has 1 atom stereocenters. The zero-order valence-electron chi connectivity index (χ0n) is 19.6. The third kappa shape index (κ3) is 6.82. The van der Waals surface area contributed by atoms with Crippen molar-refractivity contribution < 1.29 is 13.2 Å². The number of nitrogens with one attached hydrogen (secondary N) is 1. The number of sulfonamides is 1. The number of amides is 1. The highest BCUT2D eigenvalue weighted by molar-refractivity contribution is 7.92. The number of hydrogen-bond donors (Lipinski definition) is 1. The van der Waals surface area contributed by atoms with E-state index in [2.05, 4.69) is 43.4 Å². The molecule has 0 radical (unpaired) electrons. The Morgan fingerprint density at radius 1 is 1.03 bits per heavy atom. The quantitative estimate of drug-likeness (QED) is 0.539. The van der Waals surface area contributed by atoms with Crippen molar-refractivity contribution in [1.29, 1.82) is 0 Å². The molecule has 0 aliphatic carbocycles. The topological polar surface area (TPSA) is 66.5 Å². The van der Waals surface area contributed by atoms with Crippen LogP contribution in [0.25, 0.3) is 0 Å². The molecule has 0 aromatic heterocycles. The van der Waals surface area contributed by atoms with Crippen LogP contribution in [0.5, 0.6) is 0 Å². The van der Waals surface area contributed by atoms with Crippen LogP contribution in [0.1, 0.15) is 61.8 Å². The summed E-state index contributed by atoms with van der Waals surface area (Å²) in [6, 6.07) is 13.3. The summed E-state index contributed by atoms with van der Waals surface area (Å²) in [5, 5.41) is 2.94. The van der Waals surface area contributed by atoms with Crippen LogP contribution >= 0.6 is 0 Å². The lowest BCUT2D eigenvalue weighted by Crippen LogP contribution is -2.49. The van der Waals surface area contributed by atoms with Gasteiger partial charge in [0.2, 0.25) is 15.9 Å². The van der Waals surface area contributed by atoms with E-state index >= 15 is 0 Å². The van der Waals surface area contributed by atoms with E-state index in [9.17, 15) is 13.2 Å². The maximum absolute atomic E-state index is 12.9. The van der Waals surface area contributed by atoms with Gasteiger partial charge in [0.15, 0.2) is 0 Å². The lowest BCUT2D eigenvalue weighted by molar-refractivity contribution is -0.122. The molecule has 6 heteroatoms. The van der Waals surface area contributed by atoms with Crippen molar-refractivity contribution in [2.24, 2.45) is 0 Å². The van der Waals surface area contributed by atoms with Gasteiger partial charge in [-0.15, -0.1) is 0 Å². The molecule has 1 amide bonds. The summed E-state index contributed by atoms with van der Waals surface area (Å²) in [4.78, 5) is 12.9. The first-order valence-electron chi connectivity index (χ1n) is 11.0. The molecule has 2 aromatic rings. The number of nitrogens with zero attached hydrogens (tertiary/aromatic N) is 1. The predicted molar refractivity (Wildman–Crippen MR) is 129 cm³/mol. The minimum Gasteiger partial charge on any atom is -0.354 e. The van der Waals surface area contributed by atoms with Gasteiger partial charge < -0.3 is 5.32 Å². The lowest BCUT2D eigenvalue weighted by atomic mass is 10.0. The highest BCUT2D eigenvalue weighted by Crippen LogP contribution is 2.25. The average molecular weight is 445 g/mol. The zero-order chi connectivity index (χ0) is 23.2. The summed E-state index contributed by atoms with van der Waals surface area (Å²) in [7, 11) is -3.62. The molecule has 1 unspecified atom stereocenters. The molecule has 0 aliphatic rings. The first-order valence-corrected chi connectivity index (χ1v) is 12.8. The van der Waals surface area contributed by atoms with Gasteiger partial charge in [0, 0.05) is 6.54 Å². The van der Waals surface area contributed by atoms with Gasteiger partial charge in [-0.1, -0.05) is 51.1 Å². The molecule has 2 rings (SSSR count). The van der Waals surface area contributed by atoms with Crippen LogP contribution in [0.15, 0.2) is 42.5 Å². The minimum atomic E-state index is -3.62. The number of anilines is 1. The molecule has 31 heavy (non-hydrogen) atoms. The number of carbonyl (C=O) groups excluding carboxylic acids is 1. The van der Waals surface area contributed by atoms with Crippen molar-refractivity contribution in [1.82, 2.24) is 5.32 Å². The molecule has 0 spiro atoms. The molecule has 0 bridgehead atoms. The Kier molecular flexibility index (Phi) is 8.69. The predicted octanol–water partition coefficient (Wildman–Crippen LogP) is 4.72. The number of hydrogen-bond acceptors (Lipinski definition) is 3. The van der Waals surface area contributed by atoms with Crippen LogP contribution in [0.3, 0.4) is 0 Å². The van der Waals surface area contributed by atoms with Crippen LogP contribution in [0.4, 0.5) is 5.69 Å². The number of aryl methyl sites for hydroxylation is 3. The number of rotatable bonds is 10. The van der Waals surface area contributed by atoms with E-state index < -0.39 is 16.1 Å². The Balaban J connectivity index is 2.03. The highest BCUT2D eigenvalue weighted by atomic mass is 32.2. The summed E-state index contributed by atoms with van der Waals surface area (Å²) in [5.74, 6) is 0.246. The maximum Gasteiger partial charge on any atom is 0.243 e. The Bertz CT molecular complexity index is 982. The van der Waals surface area contributed by atoms with Gasteiger partial charge in [-0.25, -0.2) is 8.42 Å². The lowest BCUT2D eigenvalue weighted by Gasteiger charge is -2.30. The molecule has 5 nitrogen and oxygen atoms in total. The largest absolute Gasteiger partial charge is 0.354 e. The molecule has 2 aromatic carbocycles. The van der Waals surface area contributed by atoms with E-state index in [4.69, 9.17) is 0 Å². The summed E-state index contributed by atoms with van der Waals surface area (Å²) in [5.41, 5.74) is 5.15. The van der Waals surface area contributed by atoms with E-state index in [-0.39, 0.29) is 5.91 Å². The molecular formula is C25H36N2O3S. The Morgan fingerprint density at radius 3 is 2.19 bits per heavy atom. The van der Waals surface area contributed by atoms with Gasteiger partial charge in [0.1, 0.15) is 6.04 Å². The Hall–Kier alpha value is -2.34. The van der Waals surface area contributed by atoms with E-state index in [0.717, 1.165) is 30.2 Å². The average Bonchev–Trinajstić information content (AvgIpc) is 2.70. The van der Waals surface area contributed by atoms with Crippen LogP contribution in [-0.2, 0) is 21.2 Å². The molecular weight excluding hydrogens is 408 g/mol. The normalized spacial score (nSPS) is 12.6. The second-order valence-electron chi connectivity index (χ2n) is 8.54.